The molecular formula is C21H22N8O2. The molecule has 2 heterocycles. The van der Waals surface area contributed by atoms with Crippen LogP contribution in [0.25, 0.3) is 22.4 Å². The number of aliphatic imine (C=N–C) groups is 2. The van der Waals surface area contributed by atoms with Crippen molar-refractivity contribution in [2.24, 2.45) is 21.5 Å². The molecule has 1 saturated carbocycles. The van der Waals surface area contributed by atoms with E-state index in [0.29, 0.717) is 22.8 Å². The smallest absolute Gasteiger partial charge is 0.271 e. The van der Waals surface area contributed by atoms with E-state index in [2.05, 4.69) is 15.0 Å². The van der Waals surface area contributed by atoms with Crippen LogP contribution in [0.15, 0.2) is 52.4 Å². The molecule has 1 aliphatic heterocycles. The van der Waals surface area contributed by atoms with Gasteiger partial charge in [0.2, 0.25) is 11.9 Å². The van der Waals surface area contributed by atoms with Crippen molar-refractivity contribution in [1.29, 1.82) is 0 Å². The van der Waals surface area contributed by atoms with Gasteiger partial charge in [-0.25, -0.2) is 9.98 Å². The SMILES string of the molecule is NC1=NC2(CCCCC2)N(c2ccc(-c3nc4ccc([N+](=O)[O-])cc4[nH]3)cc2)C(N)=N1. The molecule has 0 amide bonds. The van der Waals surface area contributed by atoms with Gasteiger partial charge in [0.15, 0.2) is 0 Å². The highest BCUT2D eigenvalue weighted by Gasteiger charge is 2.42. The Labute approximate surface area is 177 Å². The summed E-state index contributed by atoms with van der Waals surface area (Å²) in [7, 11) is 0. The van der Waals surface area contributed by atoms with Gasteiger partial charge in [-0.05, 0) is 56.0 Å². The molecule has 158 valence electrons. The summed E-state index contributed by atoms with van der Waals surface area (Å²) in [4.78, 5) is 29.2. The third-order valence-corrected chi connectivity index (χ3v) is 5.93. The van der Waals surface area contributed by atoms with Gasteiger partial charge in [0.05, 0.1) is 16.0 Å². The third kappa shape index (κ3) is 3.25. The summed E-state index contributed by atoms with van der Waals surface area (Å²) in [5.74, 6) is 1.21. The molecule has 10 heteroatoms. The van der Waals surface area contributed by atoms with E-state index in [1.165, 1.54) is 18.6 Å². The lowest BCUT2D eigenvalue weighted by molar-refractivity contribution is -0.384. The van der Waals surface area contributed by atoms with Crippen molar-refractivity contribution < 1.29 is 4.92 Å². The molecule has 10 nitrogen and oxygen atoms in total. The van der Waals surface area contributed by atoms with Gasteiger partial charge in [0.25, 0.3) is 5.69 Å². The fraction of sp³-hybridized carbons (Fsp3) is 0.286. The van der Waals surface area contributed by atoms with E-state index >= 15 is 0 Å². The fourth-order valence-corrected chi connectivity index (χ4v) is 4.51. The van der Waals surface area contributed by atoms with Gasteiger partial charge in [-0.15, -0.1) is 0 Å². The van der Waals surface area contributed by atoms with E-state index in [9.17, 15) is 10.1 Å². The molecule has 5 rings (SSSR count). The predicted octanol–water partition coefficient (Wildman–Crippen LogP) is 3.25. The van der Waals surface area contributed by atoms with Crippen molar-refractivity contribution in [3.05, 3.63) is 52.6 Å². The number of imidazole rings is 1. The normalized spacial score (nSPS) is 18.1. The summed E-state index contributed by atoms with van der Waals surface area (Å²) in [5, 5.41) is 11.0. The molecular weight excluding hydrogens is 396 g/mol. The molecule has 1 aliphatic carbocycles. The number of nitro benzene ring substituents is 1. The number of H-pyrrole nitrogens is 1. The van der Waals surface area contributed by atoms with Crippen LogP contribution in [-0.4, -0.2) is 32.5 Å². The van der Waals surface area contributed by atoms with Gasteiger partial charge in [-0.2, -0.15) is 4.99 Å². The lowest BCUT2D eigenvalue weighted by Gasteiger charge is -2.45. The summed E-state index contributed by atoms with van der Waals surface area (Å²) >= 11 is 0. The maximum absolute atomic E-state index is 11.0. The molecule has 0 radical (unpaired) electrons. The van der Waals surface area contributed by atoms with Crippen molar-refractivity contribution in [1.82, 2.24) is 9.97 Å². The largest absolute Gasteiger partial charge is 0.369 e. The first kappa shape index (κ1) is 19.0. The van der Waals surface area contributed by atoms with Crippen LogP contribution in [-0.2, 0) is 0 Å². The first-order valence-electron chi connectivity index (χ1n) is 10.2. The number of nitrogens with two attached hydrogens (primary N) is 2. The number of nitrogens with one attached hydrogen (secondary N) is 1. The second-order valence-electron chi connectivity index (χ2n) is 7.91. The molecule has 1 aromatic heterocycles. The Morgan fingerprint density at radius 1 is 1.06 bits per heavy atom. The van der Waals surface area contributed by atoms with E-state index in [1.54, 1.807) is 6.07 Å². The maximum Gasteiger partial charge on any atom is 0.271 e. The van der Waals surface area contributed by atoms with Gasteiger partial charge in [-0.3, -0.25) is 15.0 Å². The molecule has 0 atom stereocenters. The summed E-state index contributed by atoms with van der Waals surface area (Å²) in [6, 6.07) is 12.4. The molecule has 0 unspecified atom stereocenters. The highest BCUT2D eigenvalue weighted by molar-refractivity contribution is 6.05. The number of fused-ring (bicyclic) bond motifs is 1. The average Bonchev–Trinajstić information content (AvgIpc) is 3.17. The van der Waals surface area contributed by atoms with Gasteiger partial charge in [-0.1, -0.05) is 6.42 Å². The maximum atomic E-state index is 11.0. The van der Waals surface area contributed by atoms with Gasteiger partial charge in [0.1, 0.15) is 11.5 Å². The molecule has 3 aromatic rings. The van der Waals surface area contributed by atoms with Crippen LogP contribution >= 0.6 is 0 Å². The zero-order chi connectivity index (χ0) is 21.6. The molecule has 5 N–H and O–H groups in total. The number of guanidine groups is 2. The Morgan fingerprint density at radius 2 is 1.81 bits per heavy atom. The van der Waals surface area contributed by atoms with Crippen molar-refractivity contribution in [2.75, 3.05) is 4.90 Å². The molecule has 2 aromatic carbocycles. The lowest BCUT2D eigenvalue weighted by atomic mass is 9.87. The number of nitro groups is 1. The van der Waals surface area contributed by atoms with E-state index in [-0.39, 0.29) is 11.6 Å². The third-order valence-electron chi connectivity index (χ3n) is 5.93. The molecule has 0 bridgehead atoms. The summed E-state index contributed by atoms with van der Waals surface area (Å²) < 4.78 is 0. The molecule has 1 spiro atoms. The van der Waals surface area contributed by atoms with Gasteiger partial charge in [0, 0.05) is 23.4 Å². The highest BCUT2D eigenvalue weighted by Crippen LogP contribution is 2.39. The van der Waals surface area contributed by atoms with E-state index in [4.69, 9.17) is 16.5 Å². The van der Waals surface area contributed by atoms with Gasteiger partial charge < -0.3 is 16.5 Å². The Balaban J connectivity index is 1.49. The van der Waals surface area contributed by atoms with Crippen LogP contribution in [0.5, 0.6) is 0 Å². The number of non-ortho nitro benzene ring substituents is 1. The second kappa shape index (κ2) is 7.08. The Bertz CT molecular complexity index is 1220. The van der Waals surface area contributed by atoms with E-state index < -0.39 is 10.6 Å². The van der Waals surface area contributed by atoms with Crippen LogP contribution in [0.3, 0.4) is 0 Å². The minimum atomic E-state index is -0.492. The van der Waals surface area contributed by atoms with Crippen molar-refractivity contribution >= 4 is 34.3 Å². The predicted molar refractivity (Wildman–Crippen MR) is 120 cm³/mol. The van der Waals surface area contributed by atoms with Crippen LogP contribution in [0.2, 0.25) is 0 Å². The zero-order valence-electron chi connectivity index (χ0n) is 16.8. The van der Waals surface area contributed by atoms with E-state index in [1.807, 2.05) is 29.2 Å². The Hall–Kier alpha value is -3.95. The summed E-state index contributed by atoms with van der Waals surface area (Å²) in [6.07, 6.45) is 5.03. The van der Waals surface area contributed by atoms with Crippen LogP contribution in [0.1, 0.15) is 32.1 Å². The van der Waals surface area contributed by atoms with Crippen molar-refractivity contribution in [3.63, 3.8) is 0 Å². The summed E-state index contributed by atoms with van der Waals surface area (Å²) in [5.41, 5.74) is 14.8. The lowest BCUT2D eigenvalue weighted by Crippen LogP contribution is -2.58. The van der Waals surface area contributed by atoms with Crippen molar-refractivity contribution in [3.8, 4) is 11.4 Å². The van der Waals surface area contributed by atoms with Crippen LogP contribution in [0, 0.1) is 10.1 Å². The van der Waals surface area contributed by atoms with Crippen molar-refractivity contribution in [2.45, 2.75) is 37.8 Å². The number of aromatic nitrogens is 2. The summed E-state index contributed by atoms with van der Waals surface area (Å²) in [6.45, 7) is 0. The molecule has 2 aliphatic rings. The first-order valence-corrected chi connectivity index (χ1v) is 10.2. The molecule has 31 heavy (non-hydrogen) atoms. The topological polar surface area (TPSA) is 152 Å². The minimum absolute atomic E-state index is 0.0236. The number of aromatic amines is 1. The number of benzene rings is 2. The Morgan fingerprint density at radius 3 is 2.52 bits per heavy atom. The van der Waals surface area contributed by atoms with Crippen LogP contribution < -0.4 is 16.4 Å². The number of rotatable bonds is 3. The second-order valence-corrected chi connectivity index (χ2v) is 7.91. The number of nitrogens with zero attached hydrogens (tertiary/aromatic N) is 5. The standard InChI is InChI=1S/C21H22N8O2/c22-19-26-20(23)28(21(27-19)10-2-1-3-11-21)14-6-4-13(5-7-14)18-24-16-9-8-15(29(30)31)12-17(16)25-18/h4-9,12H,1-3,10-11H2,(H,24,25)(H4,22,23,26,27). The fourth-order valence-electron chi connectivity index (χ4n) is 4.51. The van der Waals surface area contributed by atoms with Gasteiger partial charge >= 0.3 is 0 Å². The minimum Gasteiger partial charge on any atom is -0.369 e. The average molecular weight is 418 g/mol. The first-order chi connectivity index (χ1) is 14.9. The van der Waals surface area contributed by atoms with E-state index in [0.717, 1.165) is 36.9 Å². The number of hydrogen-bond donors (Lipinski definition) is 3. The molecule has 1 fully saturated rings. The highest BCUT2D eigenvalue weighted by atomic mass is 16.6. The quantitative estimate of drug-likeness (QED) is 0.438. The number of hydrogen-bond acceptors (Lipinski definition) is 8. The zero-order valence-corrected chi connectivity index (χ0v) is 16.8. The van der Waals surface area contributed by atoms with Crippen LogP contribution in [0.4, 0.5) is 11.4 Å². The Kier molecular flexibility index (Phi) is 4.35. The monoisotopic (exact) mass is 418 g/mol. The number of anilines is 1. The molecule has 0 saturated heterocycles.